The summed E-state index contributed by atoms with van der Waals surface area (Å²) < 4.78 is 13.6. The van der Waals surface area contributed by atoms with Crippen molar-refractivity contribution in [1.82, 2.24) is 4.98 Å². The highest BCUT2D eigenvalue weighted by molar-refractivity contribution is 6.42. The van der Waals surface area contributed by atoms with Gasteiger partial charge in [-0.05, 0) is 42.5 Å². The van der Waals surface area contributed by atoms with Gasteiger partial charge in [0.25, 0.3) is 5.91 Å². The van der Waals surface area contributed by atoms with E-state index in [0.717, 1.165) is 0 Å². The summed E-state index contributed by atoms with van der Waals surface area (Å²) in [7, 11) is 0. The van der Waals surface area contributed by atoms with Crippen LogP contribution in [0, 0.1) is 5.82 Å². The van der Waals surface area contributed by atoms with Crippen LogP contribution in [0.4, 0.5) is 21.5 Å². The fourth-order valence-corrected chi connectivity index (χ4v) is 2.42. The van der Waals surface area contributed by atoms with Gasteiger partial charge in [0.05, 0.1) is 15.7 Å². The van der Waals surface area contributed by atoms with Crippen molar-refractivity contribution in [3.05, 3.63) is 82.4 Å². The number of carbonyl (C=O) groups is 1. The maximum atomic E-state index is 13.6. The molecule has 3 rings (SSSR count). The lowest BCUT2D eigenvalue weighted by Crippen LogP contribution is -2.14. The number of hydrogen-bond acceptors (Lipinski definition) is 3. The van der Waals surface area contributed by atoms with E-state index in [1.807, 2.05) is 0 Å². The molecule has 0 bridgehead atoms. The van der Waals surface area contributed by atoms with Crippen LogP contribution < -0.4 is 10.6 Å². The van der Waals surface area contributed by atoms with Crippen molar-refractivity contribution in [3.8, 4) is 0 Å². The van der Waals surface area contributed by atoms with Gasteiger partial charge in [-0.3, -0.25) is 9.78 Å². The van der Waals surface area contributed by atoms with Crippen molar-refractivity contribution in [2.45, 2.75) is 0 Å². The van der Waals surface area contributed by atoms with Gasteiger partial charge >= 0.3 is 0 Å². The van der Waals surface area contributed by atoms with Gasteiger partial charge < -0.3 is 10.6 Å². The quantitative estimate of drug-likeness (QED) is 0.630. The third-order valence-electron chi connectivity index (χ3n) is 3.32. The Morgan fingerprint density at radius 3 is 2.48 bits per heavy atom. The molecule has 1 amide bonds. The first-order valence-electron chi connectivity index (χ1n) is 7.27. The highest BCUT2D eigenvalue weighted by Crippen LogP contribution is 2.27. The molecule has 2 N–H and O–H groups in total. The van der Waals surface area contributed by atoms with Crippen LogP contribution in [0.1, 0.15) is 10.5 Å². The van der Waals surface area contributed by atoms with Crippen molar-refractivity contribution >= 4 is 46.2 Å². The molecule has 25 heavy (non-hydrogen) atoms. The molecule has 0 aliphatic carbocycles. The number of nitrogens with one attached hydrogen (secondary N) is 2. The Morgan fingerprint density at radius 1 is 0.960 bits per heavy atom. The van der Waals surface area contributed by atoms with Gasteiger partial charge in [-0.25, -0.2) is 4.39 Å². The number of hydrogen-bond donors (Lipinski definition) is 2. The van der Waals surface area contributed by atoms with Crippen molar-refractivity contribution in [2.75, 3.05) is 10.6 Å². The predicted molar refractivity (Wildman–Crippen MR) is 98.3 cm³/mol. The third kappa shape index (κ3) is 4.26. The van der Waals surface area contributed by atoms with Gasteiger partial charge in [-0.1, -0.05) is 35.3 Å². The Hall–Kier alpha value is -2.63. The number of benzene rings is 2. The maximum absolute atomic E-state index is 13.6. The Kier molecular flexibility index (Phi) is 5.16. The molecule has 0 spiro atoms. The molecule has 0 aliphatic heterocycles. The van der Waals surface area contributed by atoms with Gasteiger partial charge in [0, 0.05) is 17.6 Å². The van der Waals surface area contributed by atoms with E-state index in [9.17, 15) is 9.18 Å². The Balaban J connectivity index is 1.77. The number of anilines is 3. The molecule has 0 aliphatic rings. The van der Waals surface area contributed by atoms with Crippen LogP contribution in [0.5, 0.6) is 0 Å². The SMILES string of the molecule is O=C(Nc1ccccc1F)c1cc(Nc2ccc(Cl)c(Cl)c2)ccn1. The molecule has 7 heteroatoms. The lowest BCUT2D eigenvalue weighted by atomic mass is 10.2. The van der Waals surface area contributed by atoms with E-state index in [1.165, 1.54) is 18.3 Å². The van der Waals surface area contributed by atoms with Gasteiger partial charge in [0.1, 0.15) is 11.5 Å². The lowest BCUT2D eigenvalue weighted by Gasteiger charge is -2.09. The highest BCUT2D eigenvalue weighted by atomic mass is 35.5. The van der Waals surface area contributed by atoms with Crippen LogP contribution in [0.3, 0.4) is 0 Å². The Bertz CT molecular complexity index is 934. The molecule has 0 radical (unpaired) electrons. The van der Waals surface area contributed by atoms with Gasteiger partial charge in [-0.15, -0.1) is 0 Å². The fraction of sp³-hybridized carbons (Fsp3) is 0. The lowest BCUT2D eigenvalue weighted by molar-refractivity contribution is 0.102. The molecule has 126 valence electrons. The molecule has 0 unspecified atom stereocenters. The van der Waals surface area contributed by atoms with E-state index >= 15 is 0 Å². The molecule has 0 saturated carbocycles. The number of amides is 1. The predicted octanol–water partition coefficient (Wildman–Crippen LogP) is 5.52. The maximum Gasteiger partial charge on any atom is 0.274 e. The zero-order chi connectivity index (χ0) is 17.8. The van der Waals surface area contributed by atoms with Gasteiger partial charge in [0.15, 0.2) is 0 Å². The van der Waals surface area contributed by atoms with E-state index in [-0.39, 0.29) is 11.4 Å². The largest absolute Gasteiger partial charge is 0.355 e. The first-order valence-corrected chi connectivity index (χ1v) is 8.02. The molecule has 1 aromatic heterocycles. The second-order valence-electron chi connectivity index (χ2n) is 5.12. The van der Waals surface area contributed by atoms with E-state index in [2.05, 4.69) is 15.6 Å². The summed E-state index contributed by atoms with van der Waals surface area (Å²) in [4.78, 5) is 16.3. The molecule has 4 nitrogen and oxygen atoms in total. The summed E-state index contributed by atoms with van der Waals surface area (Å²) in [6.07, 6.45) is 1.48. The molecule has 1 heterocycles. The van der Waals surface area contributed by atoms with Crippen LogP contribution in [0.25, 0.3) is 0 Å². The second kappa shape index (κ2) is 7.51. The van der Waals surface area contributed by atoms with Crippen LogP contribution in [0.15, 0.2) is 60.8 Å². The summed E-state index contributed by atoms with van der Waals surface area (Å²) in [6.45, 7) is 0. The monoisotopic (exact) mass is 375 g/mol. The zero-order valence-electron chi connectivity index (χ0n) is 12.8. The standard InChI is InChI=1S/C18H12Cl2FN3O/c19-13-6-5-11(9-14(13)20)23-12-7-8-22-17(10-12)18(25)24-16-4-2-1-3-15(16)21/h1-10H,(H,22,23)(H,24,25). The molecular formula is C18H12Cl2FN3O. The summed E-state index contributed by atoms with van der Waals surface area (Å²) >= 11 is 11.9. The van der Waals surface area contributed by atoms with Crippen LogP contribution in [-0.2, 0) is 0 Å². The first kappa shape index (κ1) is 17.2. The van der Waals surface area contributed by atoms with Gasteiger partial charge in [0.2, 0.25) is 0 Å². The number of aromatic nitrogens is 1. The number of halogens is 3. The fourth-order valence-electron chi connectivity index (χ4n) is 2.12. The van der Waals surface area contributed by atoms with Crippen molar-refractivity contribution < 1.29 is 9.18 Å². The van der Waals surface area contributed by atoms with E-state index < -0.39 is 11.7 Å². The number of para-hydroxylation sites is 1. The van der Waals surface area contributed by atoms with Crippen LogP contribution in [0.2, 0.25) is 10.0 Å². The third-order valence-corrected chi connectivity index (χ3v) is 4.06. The van der Waals surface area contributed by atoms with Crippen molar-refractivity contribution in [3.63, 3.8) is 0 Å². The van der Waals surface area contributed by atoms with Crippen LogP contribution in [-0.4, -0.2) is 10.9 Å². The summed E-state index contributed by atoms with van der Waals surface area (Å²) in [5, 5.41) is 6.46. The molecule has 0 atom stereocenters. The summed E-state index contributed by atoms with van der Waals surface area (Å²) in [5.74, 6) is -1.02. The first-order chi connectivity index (χ1) is 12.0. The van der Waals surface area contributed by atoms with Crippen LogP contribution >= 0.6 is 23.2 Å². The average molecular weight is 376 g/mol. The normalized spacial score (nSPS) is 10.4. The average Bonchev–Trinajstić information content (AvgIpc) is 2.60. The Labute approximate surface area is 153 Å². The Morgan fingerprint density at radius 2 is 1.72 bits per heavy atom. The molecule has 3 aromatic rings. The van der Waals surface area contributed by atoms with E-state index in [4.69, 9.17) is 23.2 Å². The minimum absolute atomic E-state index is 0.0946. The number of carbonyl (C=O) groups excluding carboxylic acids is 1. The smallest absolute Gasteiger partial charge is 0.274 e. The summed E-state index contributed by atoms with van der Waals surface area (Å²) in [6, 6.07) is 14.3. The second-order valence-corrected chi connectivity index (χ2v) is 5.93. The number of rotatable bonds is 4. The highest BCUT2D eigenvalue weighted by Gasteiger charge is 2.11. The molecule has 0 saturated heterocycles. The van der Waals surface area contributed by atoms with Crippen molar-refractivity contribution in [1.29, 1.82) is 0 Å². The number of nitrogens with zero attached hydrogens (tertiary/aromatic N) is 1. The number of pyridine rings is 1. The zero-order valence-corrected chi connectivity index (χ0v) is 14.3. The van der Waals surface area contributed by atoms with E-state index in [0.29, 0.717) is 21.4 Å². The molecule has 0 fully saturated rings. The minimum Gasteiger partial charge on any atom is -0.355 e. The van der Waals surface area contributed by atoms with Gasteiger partial charge in [-0.2, -0.15) is 0 Å². The van der Waals surface area contributed by atoms with E-state index in [1.54, 1.807) is 42.5 Å². The topological polar surface area (TPSA) is 54.0 Å². The van der Waals surface area contributed by atoms with Crippen molar-refractivity contribution in [2.24, 2.45) is 0 Å². The summed E-state index contributed by atoms with van der Waals surface area (Å²) in [5.41, 5.74) is 1.58. The molecule has 2 aromatic carbocycles. The minimum atomic E-state index is -0.513. The molecular weight excluding hydrogens is 364 g/mol.